The molecule has 1 unspecified atom stereocenters. The average molecular weight is 765 g/mol. The predicted molar refractivity (Wildman–Crippen MR) is 208 cm³/mol. The van der Waals surface area contributed by atoms with Gasteiger partial charge < -0.3 is 20.7 Å². The fourth-order valence-electron chi connectivity index (χ4n) is 5.67. The molecule has 12 heteroatoms. The molecular weight excluding hydrogens is 725 g/mol. The van der Waals surface area contributed by atoms with Gasteiger partial charge in [0, 0.05) is 31.1 Å². The van der Waals surface area contributed by atoms with Gasteiger partial charge in [-0.2, -0.15) is 0 Å². The summed E-state index contributed by atoms with van der Waals surface area (Å²) in [6, 6.07) is 20.5. The molecule has 0 saturated heterocycles. The highest BCUT2D eigenvalue weighted by atomic mass is 35.5. The summed E-state index contributed by atoms with van der Waals surface area (Å²) in [6.07, 6.45) is 7.99. The van der Waals surface area contributed by atoms with Crippen LogP contribution in [-0.4, -0.2) is 35.5 Å². The number of halogens is 2. The lowest BCUT2D eigenvalue weighted by molar-refractivity contribution is -0.116. The minimum Gasteiger partial charge on any atom is -0.462 e. The number of benzene rings is 3. The molecule has 0 bridgehead atoms. The lowest BCUT2D eigenvalue weighted by atomic mass is 9.96. The van der Waals surface area contributed by atoms with E-state index in [9.17, 15) is 19.2 Å². The molecule has 1 heterocycles. The van der Waals surface area contributed by atoms with E-state index in [1.807, 2.05) is 13.0 Å². The number of rotatable bonds is 12. The van der Waals surface area contributed by atoms with Crippen LogP contribution in [0.3, 0.4) is 0 Å². The van der Waals surface area contributed by atoms with E-state index in [1.165, 1.54) is 29.2 Å². The first-order valence-electron chi connectivity index (χ1n) is 16.9. The van der Waals surface area contributed by atoms with E-state index in [0.29, 0.717) is 43.8 Å². The van der Waals surface area contributed by atoms with Gasteiger partial charge >= 0.3 is 5.97 Å². The number of esters is 1. The zero-order valence-corrected chi connectivity index (χ0v) is 31.5. The van der Waals surface area contributed by atoms with E-state index >= 15 is 0 Å². The molecule has 0 aliphatic heterocycles. The second-order valence-corrected chi connectivity index (χ2v) is 15.1. The summed E-state index contributed by atoms with van der Waals surface area (Å²) in [5.41, 5.74) is 2.79. The minimum absolute atomic E-state index is 0.0283. The lowest BCUT2D eigenvalue weighted by Crippen LogP contribution is -2.30. The standard InChI is InChI=1S/C39H39Cl2N3O5S2/c1-3-32(37(47)44-38-34(39(48)49-4-2)29-17-10-5-6-11-18-33(29)51-38)50-28-16-12-15-27(23-28)42-36(46)31(21-25-19-20-26(40)22-30(25)41)43-35(45)24-13-8-7-9-14-24/h7-9,12-16,19-23,32H,3-6,10-11,17-18H2,1-2H3,(H,42,46)(H,43,45)(H,44,47)/b31-21+. The van der Waals surface area contributed by atoms with E-state index in [1.54, 1.807) is 73.7 Å². The van der Waals surface area contributed by atoms with Crippen LogP contribution in [-0.2, 0) is 27.2 Å². The Morgan fingerprint density at radius 2 is 1.67 bits per heavy atom. The number of thioether (sulfide) groups is 1. The highest BCUT2D eigenvalue weighted by Gasteiger charge is 2.28. The van der Waals surface area contributed by atoms with E-state index < -0.39 is 23.0 Å². The Bertz CT molecular complexity index is 1930. The van der Waals surface area contributed by atoms with Crippen molar-refractivity contribution < 1.29 is 23.9 Å². The van der Waals surface area contributed by atoms with Crippen molar-refractivity contribution in [1.82, 2.24) is 5.32 Å². The molecule has 0 radical (unpaired) electrons. The highest BCUT2D eigenvalue weighted by Crippen LogP contribution is 2.38. The Labute approximate surface area is 316 Å². The van der Waals surface area contributed by atoms with Crippen LogP contribution >= 0.6 is 46.3 Å². The van der Waals surface area contributed by atoms with Gasteiger partial charge in [-0.1, -0.05) is 73.3 Å². The van der Waals surface area contributed by atoms with E-state index in [4.69, 9.17) is 27.9 Å². The number of aryl methyl sites for hydroxylation is 1. The first-order valence-corrected chi connectivity index (χ1v) is 19.4. The van der Waals surface area contributed by atoms with Gasteiger partial charge in [-0.3, -0.25) is 14.4 Å². The van der Waals surface area contributed by atoms with Gasteiger partial charge in [0.05, 0.1) is 17.4 Å². The second-order valence-electron chi connectivity index (χ2n) is 11.9. The van der Waals surface area contributed by atoms with Crippen molar-refractivity contribution in [3.8, 4) is 0 Å². The van der Waals surface area contributed by atoms with Crippen molar-refractivity contribution in [2.45, 2.75) is 68.9 Å². The lowest BCUT2D eigenvalue weighted by Gasteiger charge is -2.16. The number of nitrogens with one attached hydrogen (secondary N) is 3. The molecule has 3 amide bonds. The first kappa shape index (κ1) is 38.1. The third-order valence-corrected chi connectivity index (χ3v) is 11.3. The molecule has 1 aromatic heterocycles. The fraction of sp³-hybridized carbons (Fsp3) is 0.282. The van der Waals surface area contributed by atoms with Gasteiger partial charge in [-0.05, 0) is 98.7 Å². The molecule has 0 fully saturated rings. The topological polar surface area (TPSA) is 114 Å². The average Bonchev–Trinajstić information content (AvgIpc) is 3.43. The van der Waals surface area contributed by atoms with Crippen LogP contribution in [0.2, 0.25) is 10.0 Å². The summed E-state index contributed by atoms with van der Waals surface area (Å²) in [4.78, 5) is 55.4. The zero-order valence-electron chi connectivity index (χ0n) is 28.4. The molecular formula is C39H39Cl2N3O5S2. The van der Waals surface area contributed by atoms with Crippen molar-refractivity contribution in [1.29, 1.82) is 0 Å². The Kier molecular flexibility index (Phi) is 13.8. The van der Waals surface area contributed by atoms with E-state index in [0.717, 1.165) is 53.9 Å². The smallest absolute Gasteiger partial charge is 0.341 e. The molecule has 0 spiro atoms. The maximum atomic E-state index is 13.7. The molecule has 5 rings (SSSR count). The van der Waals surface area contributed by atoms with Crippen LogP contribution in [0.25, 0.3) is 6.08 Å². The quantitative estimate of drug-likeness (QED) is 0.0752. The number of ether oxygens (including phenoxy) is 1. The van der Waals surface area contributed by atoms with E-state index in [-0.39, 0.29) is 18.2 Å². The van der Waals surface area contributed by atoms with Gasteiger partial charge in [-0.15, -0.1) is 23.1 Å². The number of thiophene rings is 1. The number of carbonyl (C=O) groups is 4. The van der Waals surface area contributed by atoms with E-state index in [2.05, 4.69) is 16.0 Å². The molecule has 266 valence electrons. The summed E-state index contributed by atoms with van der Waals surface area (Å²) >= 11 is 15.3. The van der Waals surface area contributed by atoms with Crippen molar-refractivity contribution in [3.63, 3.8) is 0 Å². The van der Waals surface area contributed by atoms with Crippen LogP contribution in [0.4, 0.5) is 10.7 Å². The number of anilines is 2. The van der Waals surface area contributed by atoms with Crippen LogP contribution in [0.15, 0.2) is 83.4 Å². The van der Waals surface area contributed by atoms with Gasteiger partial charge in [-0.25, -0.2) is 4.79 Å². The Balaban J connectivity index is 1.33. The van der Waals surface area contributed by atoms with Gasteiger partial charge in [0.1, 0.15) is 10.7 Å². The summed E-state index contributed by atoms with van der Waals surface area (Å²) in [7, 11) is 0. The molecule has 3 N–H and O–H groups in total. The first-order chi connectivity index (χ1) is 24.7. The van der Waals surface area contributed by atoms with Crippen LogP contribution < -0.4 is 16.0 Å². The highest BCUT2D eigenvalue weighted by molar-refractivity contribution is 8.00. The predicted octanol–water partition coefficient (Wildman–Crippen LogP) is 9.81. The zero-order chi connectivity index (χ0) is 36.3. The Morgan fingerprint density at radius 3 is 2.39 bits per heavy atom. The summed E-state index contributed by atoms with van der Waals surface area (Å²) in [5.74, 6) is -1.66. The third kappa shape index (κ3) is 10.3. The van der Waals surface area contributed by atoms with Crippen molar-refractivity contribution in [2.24, 2.45) is 0 Å². The SMILES string of the molecule is CCOC(=O)c1c(NC(=O)C(CC)Sc2cccc(NC(=O)/C(=C\c3ccc(Cl)cc3Cl)NC(=O)c3ccccc3)c2)sc2c1CCCCCC2. The van der Waals surface area contributed by atoms with Crippen molar-refractivity contribution >= 4 is 86.8 Å². The van der Waals surface area contributed by atoms with Gasteiger partial charge in [0.25, 0.3) is 11.8 Å². The summed E-state index contributed by atoms with van der Waals surface area (Å²) < 4.78 is 5.42. The molecule has 51 heavy (non-hydrogen) atoms. The van der Waals surface area contributed by atoms with Gasteiger partial charge in [0.2, 0.25) is 5.91 Å². The van der Waals surface area contributed by atoms with Crippen molar-refractivity contribution in [3.05, 3.63) is 116 Å². The maximum absolute atomic E-state index is 13.7. The number of fused-ring (bicyclic) bond motifs is 1. The normalized spacial score (nSPS) is 13.6. The second kappa shape index (κ2) is 18.4. The molecule has 1 aliphatic rings. The number of carbonyl (C=O) groups excluding carboxylic acids is 4. The maximum Gasteiger partial charge on any atom is 0.341 e. The molecule has 0 saturated carbocycles. The minimum atomic E-state index is -0.572. The molecule has 8 nitrogen and oxygen atoms in total. The molecule has 3 aromatic carbocycles. The molecule has 4 aromatic rings. The Morgan fingerprint density at radius 1 is 0.902 bits per heavy atom. The Hall–Kier alpha value is -4.09. The largest absolute Gasteiger partial charge is 0.462 e. The van der Waals surface area contributed by atoms with Gasteiger partial charge in [0.15, 0.2) is 0 Å². The van der Waals surface area contributed by atoms with Crippen LogP contribution in [0.1, 0.15) is 82.7 Å². The number of hydrogen-bond acceptors (Lipinski definition) is 7. The van der Waals surface area contributed by atoms with Crippen molar-refractivity contribution in [2.75, 3.05) is 17.2 Å². The monoisotopic (exact) mass is 763 g/mol. The third-order valence-electron chi connectivity index (χ3n) is 8.21. The summed E-state index contributed by atoms with van der Waals surface area (Å²) in [5, 5.41) is 9.45. The number of amides is 3. The number of hydrogen-bond donors (Lipinski definition) is 3. The molecule has 1 atom stereocenters. The molecule has 1 aliphatic carbocycles. The van der Waals surface area contributed by atoms with Crippen LogP contribution in [0.5, 0.6) is 0 Å². The van der Waals surface area contributed by atoms with Crippen LogP contribution in [0, 0.1) is 0 Å². The summed E-state index contributed by atoms with van der Waals surface area (Å²) in [6.45, 7) is 3.96. The fourth-order valence-corrected chi connectivity index (χ4v) is 8.42.